The first-order valence-electron chi connectivity index (χ1n) is 4.79. The van der Waals surface area contributed by atoms with Gasteiger partial charge in [0.2, 0.25) is 0 Å². The van der Waals surface area contributed by atoms with Gasteiger partial charge in [0.25, 0.3) is 0 Å². The molecule has 0 bridgehead atoms. The monoisotopic (exact) mass is 184 g/mol. The van der Waals surface area contributed by atoms with Crippen LogP contribution in [0.4, 0.5) is 0 Å². The van der Waals surface area contributed by atoms with Gasteiger partial charge in [-0.05, 0) is 6.42 Å². The lowest BCUT2D eigenvalue weighted by molar-refractivity contribution is 0.308. The lowest BCUT2D eigenvalue weighted by Crippen LogP contribution is -2.08. The minimum Gasteiger partial charge on any atom is -0.491 e. The van der Waals surface area contributed by atoms with Crippen molar-refractivity contribution >= 4 is 10.8 Å². The molecule has 0 N–H and O–H groups in total. The van der Waals surface area contributed by atoms with Crippen molar-refractivity contribution in [3.05, 3.63) is 42.6 Å². The molecule has 2 aromatic rings. The van der Waals surface area contributed by atoms with Crippen molar-refractivity contribution in [1.82, 2.24) is 4.98 Å². The standard InChI is InChI=1S/C12H10NO/c1-2-5-10-9(4-1)8-13-11-6-3-7-14-12(10)11/h1-2,4-6,8H,3,7H2. The summed E-state index contributed by atoms with van der Waals surface area (Å²) < 4.78 is 5.64. The van der Waals surface area contributed by atoms with E-state index in [0.717, 1.165) is 35.2 Å². The second kappa shape index (κ2) is 2.98. The van der Waals surface area contributed by atoms with Gasteiger partial charge in [-0.25, -0.2) is 0 Å². The number of benzene rings is 1. The van der Waals surface area contributed by atoms with Crippen LogP contribution < -0.4 is 4.74 Å². The second-order valence-electron chi connectivity index (χ2n) is 3.40. The van der Waals surface area contributed by atoms with E-state index in [-0.39, 0.29) is 0 Å². The molecule has 0 spiro atoms. The molecule has 0 unspecified atom stereocenters. The average Bonchev–Trinajstić information content (AvgIpc) is 2.29. The molecule has 2 heteroatoms. The molecule has 1 radical (unpaired) electrons. The quantitative estimate of drug-likeness (QED) is 0.627. The molecule has 0 saturated carbocycles. The average molecular weight is 184 g/mol. The molecule has 1 aromatic carbocycles. The Labute approximate surface area is 82.5 Å². The van der Waals surface area contributed by atoms with E-state index < -0.39 is 0 Å². The van der Waals surface area contributed by atoms with E-state index in [1.54, 1.807) is 0 Å². The number of aromatic nitrogens is 1. The summed E-state index contributed by atoms with van der Waals surface area (Å²) in [6, 6.07) is 8.18. The summed E-state index contributed by atoms with van der Waals surface area (Å²) in [5.74, 6) is 0.939. The fraction of sp³-hybridized carbons (Fsp3) is 0.167. The van der Waals surface area contributed by atoms with Crippen molar-refractivity contribution in [1.29, 1.82) is 0 Å². The third-order valence-corrected chi connectivity index (χ3v) is 2.48. The van der Waals surface area contributed by atoms with Gasteiger partial charge in [-0.2, -0.15) is 0 Å². The first-order chi connectivity index (χ1) is 6.95. The zero-order valence-electron chi connectivity index (χ0n) is 7.73. The number of ether oxygens (including phenoxy) is 1. The van der Waals surface area contributed by atoms with Crippen LogP contribution in [0.25, 0.3) is 10.8 Å². The zero-order valence-corrected chi connectivity index (χ0v) is 7.73. The van der Waals surface area contributed by atoms with Gasteiger partial charge in [-0.1, -0.05) is 24.3 Å². The van der Waals surface area contributed by atoms with Crippen molar-refractivity contribution in [2.45, 2.75) is 6.42 Å². The summed E-state index contributed by atoms with van der Waals surface area (Å²) in [5, 5.41) is 2.30. The van der Waals surface area contributed by atoms with Gasteiger partial charge in [0.05, 0.1) is 12.3 Å². The van der Waals surface area contributed by atoms with Gasteiger partial charge in [-0.3, -0.25) is 4.98 Å². The molecule has 0 amide bonds. The van der Waals surface area contributed by atoms with Crippen molar-refractivity contribution in [2.75, 3.05) is 6.61 Å². The molecule has 0 aliphatic carbocycles. The van der Waals surface area contributed by atoms with Crippen LogP contribution in [0.3, 0.4) is 0 Å². The Morgan fingerprint density at radius 2 is 2.14 bits per heavy atom. The fourth-order valence-corrected chi connectivity index (χ4v) is 1.81. The maximum Gasteiger partial charge on any atom is 0.148 e. The van der Waals surface area contributed by atoms with E-state index in [1.165, 1.54) is 0 Å². The largest absolute Gasteiger partial charge is 0.491 e. The summed E-state index contributed by atoms with van der Waals surface area (Å²) in [6.07, 6.45) is 4.99. The highest BCUT2D eigenvalue weighted by Crippen LogP contribution is 2.31. The molecule has 3 rings (SSSR count). The van der Waals surface area contributed by atoms with E-state index in [0.29, 0.717) is 0 Å². The Hall–Kier alpha value is -1.57. The predicted molar refractivity (Wildman–Crippen MR) is 55.3 cm³/mol. The maximum absolute atomic E-state index is 5.64. The topological polar surface area (TPSA) is 22.1 Å². The highest BCUT2D eigenvalue weighted by Gasteiger charge is 2.14. The van der Waals surface area contributed by atoms with Crippen molar-refractivity contribution in [3.8, 4) is 5.75 Å². The van der Waals surface area contributed by atoms with E-state index in [2.05, 4.69) is 23.5 Å². The minimum absolute atomic E-state index is 0.767. The molecule has 14 heavy (non-hydrogen) atoms. The maximum atomic E-state index is 5.64. The van der Waals surface area contributed by atoms with E-state index >= 15 is 0 Å². The summed E-state index contributed by atoms with van der Waals surface area (Å²) >= 11 is 0. The van der Waals surface area contributed by atoms with Crippen LogP contribution in [-0.2, 0) is 0 Å². The third-order valence-electron chi connectivity index (χ3n) is 2.48. The number of rotatable bonds is 0. The summed E-state index contributed by atoms with van der Waals surface area (Å²) in [5.41, 5.74) is 0.981. The van der Waals surface area contributed by atoms with Gasteiger partial charge in [0, 0.05) is 23.4 Å². The van der Waals surface area contributed by atoms with Crippen LogP contribution in [0.15, 0.2) is 30.5 Å². The van der Waals surface area contributed by atoms with Crippen LogP contribution >= 0.6 is 0 Å². The Bertz CT molecular complexity index is 479. The fourth-order valence-electron chi connectivity index (χ4n) is 1.81. The molecule has 2 heterocycles. The number of pyridine rings is 1. The molecule has 1 aliphatic heterocycles. The number of nitrogens with zero attached hydrogens (tertiary/aromatic N) is 1. The van der Waals surface area contributed by atoms with Gasteiger partial charge in [0.15, 0.2) is 0 Å². The van der Waals surface area contributed by atoms with Crippen LogP contribution in [0.1, 0.15) is 12.1 Å². The first-order valence-corrected chi connectivity index (χ1v) is 4.79. The Kier molecular flexibility index (Phi) is 1.66. The Morgan fingerprint density at radius 3 is 3.14 bits per heavy atom. The van der Waals surface area contributed by atoms with Crippen LogP contribution in [-0.4, -0.2) is 11.6 Å². The third kappa shape index (κ3) is 1.07. The normalized spacial score (nSPS) is 14.9. The lowest BCUT2D eigenvalue weighted by Gasteiger charge is -2.17. The number of hydrogen-bond acceptors (Lipinski definition) is 2. The van der Waals surface area contributed by atoms with Gasteiger partial charge in [-0.15, -0.1) is 0 Å². The molecule has 2 nitrogen and oxygen atoms in total. The van der Waals surface area contributed by atoms with Crippen LogP contribution in [0.2, 0.25) is 0 Å². The van der Waals surface area contributed by atoms with E-state index in [4.69, 9.17) is 4.74 Å². The van der Waals surface area contributed by atoms with Crippen molar-refractivity contribution in [2.24, 2.45) is 0 Å². The second-order valence-corrected chi connectivity index (χ2v) is 3.40. The summed E-state index contributed by atoms with van der Waals surface area (Å²) in [6.45, 7) is 0.767. The van der Waals surface area contributed by atoms with E-state index in [9.17, 15) is 0 Å². The molecule has 0 saturated heterocycles. The zero-order chi connectivity index (χ0) is 9.38. The molecule has 0 fully saturated rings. The molecule has 0 atom stereocenters. The molecule has 1 aliphatic rings. The molecular weight excluding hydrogens is 174 g/mol. The van der Waals surface area contributed by atoms with Gasteiger partial charge >= 0.3 is 0 Å². The smallest absolute Gasteiger partial charge is 0.148 e. The highest BCUT2D eigenvalue weighted by molar-refractivity contribution is 5.88. The molecule has 69 valence electrons. The van der Waals surface area contributed by atoms with Gasteiger partial charge < -0.3 is 4.74 Å². The number of fused-ring (bicyclic) bond motifs is 3. The Morgan fingerprint density at radius 1 is 1.21 bits per heavy atom. The van der Waals surface area contributed by atoms with Gasteiger partial charge in [0.1, 0.15) is 5.75 Å². The van der Waals surface area contributed by atoms with Crippen LogP contribution in [0.5, 0.6) is 5.75 Å². The SMILES string of the molecule is [CH]1CCOc2c1ncc1ccccc21. The molecular formula is C12H10NO. The lowest BCUT2D eigenvalue weighted by atomic mass is 10.1. The van der Waals surface area contributed by atoms with E-state index in [1.807, 2.05) is 18.3 Å². The summed E-state index contributed by atoms with van der Waals surface area (Å²) in [7, 11) is 0. The summed E-state index contributed by atoms with van der Waals surface area (Å²) in [4.78, 5) is 4.37. The minimum atomic E-state index is 0.767. The molecule has 1 aromatic heterocycles. The predicted octanol–water partition coefficient (Wildman–Crippen LogP) is 2.57. The number of hydrogen-bond donors (Lipinski definition) is 0. The highest BCUT2D eigenvalue weighted by atomic mass is 16.5. The van der Waals surface area contributed by atoms with Crippen molar-refractivity contribution < 1.29 is 4.74 Å². The Balaban J connectivity index is 2.34. The van der Waals surface area contributed by atoms with Crippen LogP contribution in [0, 0.1) is 6.42 Å². The first kappa shape index (κ1) is 7.80. The van der Waals surface area contributed by atoms with Crippen molar-refractivity contribution in [3.63, 3.8) is 0 Å².